The maximum absolute atomic E-state index is 11.7. The molecule has 0 heterocycles. The number of nitrogens with one attached hydrogen (secondary N) is 1. The number of nitriles is 1. The zero-order valence-electron chi connectivity index (χ0n) is 9.37. The van der Waals surface area contributed by atoms with Gasteiger partial charge in [0.25, 0.3) is 0 Å². The van der Waals surface area contributed by atoms with E-state index in [4.69, 9.17) is 5.26 Å². The molecule has 92 valence electrons. The topological polar surface area (TPSA) is 90.2 Å². The Morgan fingerprint density at radius 2 is 2.00 bits per heavy atom. The summed E-state index contributed by atoms with van der Waals surface area (Å²) >= 11 is 0. The summed E-state index contributed by atoms with van der Waals surface area (Å²) in [6.07, 6.45) is 0. The van der Waals surface area contributed by atoms with Gasteiger partial charge in [0.15, 0.2) is 5.25 Å². The lowest BCUT2D eigenvalue weighted by Gasteiger charge is -2.17. The summed E-state index contributed by atoms with van der Waals surface area (Å²) in [6, 6.07) is 9.64. The molecule has 17 heavy (non-hydrogen) atoms. The monoisotopic (exact) mass is 254 g/mol. The van der Waals surface area contributed by atoms with Crippen molar-refractivity contribution in [2.75, 3.05) is 6.61 Å². The van der Waals surface area contributed by atoms with Crippen LogP contribution in [0.4, 0.5) is 0 Å². The van der Waals surface area contributed by atoms with Crippen LogP contribution in [-0.2, 0) is 10.0 Å². The van der Waals surface area contributed by atoms with Crippen LogP contribution in [0.3, 0.4) is 0 Å². The van der Waals surface area contributed by atoms with Gasteiger partial charge in [-0.25, -0.2) is 13.1 Å². The Bertz CT molecular complexity index is 493. The molecule has 1 aromatic rings. The number of aliphatic hydroxyl groups is 1. The van der Waals surface area contributed by atoms with E-state index in [0.29, 0.717) is 5.56 Å². The summed E-state index contributed by atoms with van der Waals surface area (Å²) in [6.45, 7) is 0.934. The minimum atomic E-state index is -3.74. The lowest BCUT2D eigenvalue weighted by atomic mass is 10.1. The highest BCUT2D eigenvalue weighted by Gasteiger charge is 2.24. The molecule has 0 saturated heterocycles. The Kier molecular flexibility index (Phi) is 4.63. The summed E-state index contributed by atoms with van der Waals surface area (Å²) in [5.41, 5.74) is 0.656. The predicted octanol–water partition coefficient (Wildman–Crippen LogP) is 0.551. The molecule has 1 rings (SSSR count). The van der Waals surface area contributed by atoms with Gasteiger partial charge in [-0.2, -0.15) is 5.26 Å². The number of hydrogen-bond donors (Lipinski definition) is 2. The number of hydrogen-bond acceptors (Lipinski definition) is 4. The van der Waals surface area contributed by atoms with Crippen molar-refractivity contribution in [2.45, 2.75) is 18.2 Å². The first-order valence-corrected chi connectivity index (χ1v) is 6.62. The summed E-state index contributed by atoms with van der Waals surface area (Å²) < 4.78 is 25.6. The fourth-order valence-corrected chi connectivity index (χ4v) is 2.22. The number of nitrogens with zero attached hydrogens (tertiary/aromatic N) is 1. The standard InChI is InChI=1S/C11H14N2O3S/c1-9(7-12)17(15,16)13-11(8-14)10-5-3-2-4-6-10/h2-6,9,11,13-14H,8H2,1H3/t9?,11-/m0/s1. The molecule has 0 radical (unpaired) electrons. The van der Waals surface area contributed by atoms with Gasteiger partial charge in [0, 0.05) is 0 Å². The van der Waals surface area contributed by atoms with Crippen LogP contribution in [0, 0.1) is 11.3 Å². The smallest absolute Gasteiger partial charge is 0.228 e. The summed E-state index contributed by atoms with van der Waals surface area (Å²) in [5, 5.41) is 16.6. The molecular weight excluding hydrogens is 240 g/mol. The molecular formula is C11H14N2O3S. The van der Waals surface area contributed by atoms with Crippen molar-refractivity contribution < 1.29 is 13.5 Å². The third kappa shape index (κ3) is 3.53. The molecule has 0 spiro atoms. The van der Waals surface area contributed by atoms with Gasteiger partial charge in [-0.1, -0.05) is 30.3 Å². The number of sulfonamides is 1. The van der Waals surface area contributed by atoms with Crippen LogP contribution in [-0.4, -0.2) is 25.4 Å². The van der Waals surface area contributed by atoms with Crippen LogP contribution >= 0.6 is 0 Å². The number of aliphatic hydroxyl groups excluding tert-OH is 1. The van der Waals surface area contributed by atoms with E-state index in [1.165, 1.54) is 6.92 Å². The Morgan fingerprint density at radius 1 is 1.41 bits per heavy atom. The van der Waals surface area contributed by atoms with E-state index in [9.17, 15) is 13.5 Å². The molecule has 1 aromatic carbocycles. The fourth-order valence-electron chi connectivity index (χ4n) is 1.27. The summed E-state index contributed by atoms with van der Waals surface area (Å²) in [7, 11) is -3.74. The van der Waals surface area contributed by atoms with Gasteiger partial charge in [-0.3, -0.25) is 0 Å². The van der Waals surface area contributed by atoms with Gasteiger partial charge in [-0.05, 0) is 12.5 Å². The quantitative estimate of drug-likeness (QED) is 0.803. The van der Waals surface area contributed by atoms with E-state index in [-0.39, 0.29) is 6.61 Å². The highest BCUT2D eigenvalue weighted by atomic mass is 32.2. The molecule has 0 fully saturated rings. The highest BCUT2D eigenvalue weighted by molar-refractivity contribution is 7.90. The molecule has 6 heteroatoms. The Balaban J connectivity index is 2.90. The Hall–Kier alpha value is -1.42. The SMILES string of the molecule is CC(C#N)S(=O)(=O)N[C@@H](CO)c1ccccc1. The lowest BCUT2D eigenvalue weighted by molar-refractivity contribution is 0.258. The van der Waals surface area contributed by atoms with Crippen LogP contribution in [0.25, 0.3) is 0 Å². The van der Waals surface area contributed by atoms with Crippen molar-refractivity contribution in [3.63, 3.8) is 0 Å². The molecule has 0 aromatic heterocycles. The van der Waals surface area contributed by atoms with Crippen LogP contribution < -0.4 is 4.72 Å². The van der Waals surface area contributed by atoms with E-state index in [1.807, 2.05) is 0 Å². The molecule has 0 bridgehead atoms. The highest BCUT2D eigenvalue weighted by Crippen LogP contribution is 2.14. The normalized spacial score (nSPS) is 14.9. The van der Waals surface area contributed by atoms with E-state index in [2.05, 4.69) is 4.72 Å². The molecule has 0 aliphatic heterocycles. The Morgan fingerprint density at radius 3 is 2.47 bits per heavy atom. The molecule has 0 saturated carbocycles. The van der Waals surface area contributed by atoms with Crippen molar-refractivity contribution >= 4 is 10.0 Å². The van der Waals surface area contributed by atoms with Crippen LogP contribution in [0.15, 0.2) is 30.3 Å². The average molecular weight is 254 g/mol. The van der Waals surface area contributed by atoms with Gasteiger partial charge < -0.3 is 5.11 Å². The van der Waals surface area contributed by atoms with Gasteiger partial charge in [-0.15, -0.1) is 0 Å². The second kappa shape index (κ2) is 5.77. The minimum absolute atomic E-state index is 0.360. The number of rotatable bonds is 5. The molecule has 2 N–H and O–H groups in total. The molecule has 2 atom stereocenters. The number of benzene rings is 1. The van der Waals surface area contributed by atoms with Crippen molar-refractivity contribution in [1.82, 2.24) is 4.72 Å². The van der Waals surface area contributed by atoms with Crippen molar-refractivity contribution in [2.24, 2.45) is 0 Å². The zero-order chi connectivity index (χ0) is 12.9. The Labute approximate surface area is 101 Å². The average Bonchev–Trinajstić information content (AvgIpc) is 2.36. The first-order chi connectivity index (χ1) is 8.01. The van der Waals surface area contributed by atoms with Crippen molar-refractivity contribution in [3.8, 4) is 6.07 Å². The van der Waals surface area contributed by atoms with Crippen molar-refractivity contribution in [1.29, 1.82) is 5.26 Å². The molecule has 0 amide bonds. The van der Waals surface area contributed by atoms with E-state index >= 15 is 0 Å². The maximum Gasteiger partial charge on any atom is 0.228 e. The van der Waals surface area contributed by atoms with Crippen LogP contribution in [0.1, 0.15) is 18.5 Å². The summed E-state index contributed by atoms with van der Waals surface area (Å²) in [4.78, 5) is 0. The van der Waals surface area contributed by atoms with Crippen LogP contribution in [0.5, 0.6) is 0 Å². The van der Waals surface area contributed by atoms with E-state index in [0.717, 1.165) is 0 Å². The first kappa shape index (κ1) is 13.6. The third-order valence-electron chi connectivity index (χ3n) is 2.34. The molecule has 0 aliphatic carbocycles. The van der Waals surface area contributed by atoms with E-state index in [1.54, 1.807) is 36.4 Å². The predicted molar refractivity (Wildman–Crippen MR) is 63.4 cm³/mol. The second-order valence-corrected chi connectivity index (χ2v) is 5.61. The van der Waals surface area contributed by atoms with Gasteiger partial charge in [0.2, 0.25) is 10.0 Å². The van der Waals surface area contributed by atoms with E-state index < -0.39 is 21.3 Å². The zero-order valence-corrected chi connectivity index (χ0v) is 10.2. The molecule has 1 unspecified atom stereocenters. The molecule has 0 aliphatic rings. The van der Waals surface area contributed by atoms with Gasteiger partial charge >= 0.3 is 0 Å². The third-order valence-corrected chi connectivity index (χ3v) is 3.99. The second-order valence-electron chi connectivity index (χ2n) is 3.58. The van der Waals surface area contributed by atoms with Gasteiger partial charge in [0.1, 0.15) is 0 Å². The summed E-state index contributed by atoms with van der Waals surface area (Å²) in [5.74, 6) is 0. The first-order valence-electron chi connectivity index (χ1n) is 5.08. The van der Waals surface area contributed by atoms with Gasteiger partial charge in [0.05, 0.1) is 18.7 Å². The van der Waals surface area contributed by atoms with Crippen LogP contribution in [0.2, 0.25) is 0 Å². The maximum atomic E-state index is 11.7. The fraction of sp³-hybridized carbons (Fsp3) is 0.364. The lowest BCUT2D eigenvalue weighted by Crippen LogP contribution is -2.36. The largest absolute Gasteiger partial charge is 0.394 e. The minimum Gasteiger partial charge on any atom is -0.394 e. The molecule has 5 nitrogen and oxygen atoms in total. The van der Waals surface area contributed by atoms with Crippen molar-refractivity contribution in [3.05, 3.63) is 35.9 Å².